The average Bonchev–Trinajstić information content (AvgIpc) is 3.09. The van der Waals surface area contributed by atoms with E-state index in [0.29, 0.717) is 28.4 Å². The molecule has 0 radical (unpaired) electrons. The van der Waals surface area contributed by atoms with E-state index in [1.165, 1.54) is 14.0 Å². The molecular weight excluding hydrogens is 360 g/mol. The maximum Gasteiger partial charge on any atom is 0.229 e. The van der Waals surface area contributed by atoms with Crippen molar-refractivity contribution in [3.05, 3.63) is 48.0 Å². The van der Waals surface area contributed by atoms with Crippen LogP contribution in [0.3, 0.4) is 0 Å². The van der Waals surface area contributed by atoms with Crippen molar-refractivity contribution in [3.8, 4) is 11.5 Å². The first-order chi connectivity index (χ1) is 13.4. The van der Waals surface area contributed by atoms with Crippen LogP contribution in [0.5, 0.6) is 11.5 Å². The molecule has 0 spiro atoms. The minimum atomic E-state index is -0.480. The number of methoxy groups -OCH3 is 2. The highest BCUT2D eigenvalue weighted by Gasteiger charge is 2.36. The van der Waals surface area contributed by atoms with Gasteiger partial charge in [0.2, 0.25) is 11.8 Å². The van der Waals surface area contributed by atoms with Gasteiger partial charge >= 0.3 is 0 Å². The SMILES string of the molecule is COc1ccc(N2CC(C(=O)Nc3ccc(C(C)=O)cc3)CC2=O)c(OC)c1. The molecule has 2 aromatic rings. The van der Waals surface area contributed by atoms with Crippen LogP contribution >= 0.6 is 0 Å². The lowest BCUT2D eigenvalue weighted by molar-refractivity contribution is -0.122. The number of ether oxygens (including phenoxy) is 2. The number of anilines is 2. The number of rotatable bonds is 6. The van der Waals surface area contributed by atoms with E-state index in [1.807, 2.05) is 0 Å². The lowest BCUT2D eigenvalue weighted by Gasteiger charge is -2.20. The second-order valence-corrected chi connectivity index (χ2v) is 6.57. The number of carbonyl (C=O) groups excluding carboxylic acids is 3. The number of hydrogen-bond acceptors (Lipinski definition) is 5. The van der Waals surface area contributed by atoms with Gasteiger partial charge in [0.25, 0.3) is 0 Å². The van der Waals surface area contributed by atoms with Gasteiger partial charge in [-0.25, -0.2) is 0 Å². The molecule has 0 bridgehead atoms. The molecule has 1 heterocycles. The van der Waals surface area contributed by atoms with Gasteiger partial charge in [0.15, 0.2) is 5.78 Å². The number of hydrogen-bond donors (Lipinski definition) is 1. The molecule has 3 rings (SSSR count). The van der Waals surface area contributed by atoms with E-state index < -0.39 is 5.92 Å². The second-order valence-electron chi connectivity index (χ2n) is 6.57. The molecule has 1 unspecified atom stereocenters. The third kappa shape index (κ3) is 3.98. The highest BCUT2D eigenvalue weighted by atomic mass is 16.5. The Kier molecular flexibility index (Phi) is 5.63. The van der Waals surface area contributed by atoms with E-state index in [-0.39, 0.29) is 30.6 Å². The van der Waals surface area contributed by atoms with Gasteiger partial charge in [0, 0.05) is 30.3 Å². The zero-order valence-corrected chi connectivity index (χ0v) is 16.0. The first-order valence-electron chi connectivity index (χ1n) is 8.87. The summed E-state index contributed by atoms with van der Waals surface area (Å²) >= 11 is 0. The lowest BCUT2D eigenvalue weighted by atomic mass is 10.1. The Hall–Kier alpha value is -3.35. The molecular formula is C21H22N2O5. The van der Waals surface area contributed by atoms with E-state index in [9.17, 15) is 14.4 Å². The van der Waals surface area contributed by atoms with Crippen LogP contribution < -0.4 is 19.7 Å². The summed E-state index contributed by atoms with van der Waals surface area (Å²) in [7, 11) is 3.08. The van der Waals surface area contributed by atoms with Crippen LogP contribution in [-0.4, -0.2) is 38.4 Å². The summed E-state index contributed by atoms with van der Waals surface area (Å²) < 4.78 is 10.5. The number of amides is 2. The normalized spacial score (nSPS) is 16.0. The highest BCUT2D eigenvalue weighted by Crippen LogP contribution is 2.36. The zero-order chi connectivity index (χ0) is 20.3. The highest BCUT2D eigenvalue weighted by molar-refractivity contribution is 6.04. The Morgan fingerprint density at radius 3 is 2.39 bits per heavy atom. The zero-order valence-electron chi connectivity index (χ0n) is 16.0. The Morgan fingerprint density at radius 2 is 1.79 bits per heavy atom. The fraction of sp³-hybridized carbons (Fsp3) is 0.286. The van der Waals surface area contributed by atoms with Crippen molar-refractivity contribution in [2.45, 2.75) is 13.3 Å². The van der Waals surface area contributed by atoms with Crippen LogP contribution in [0, 0.1) is 5.92 Å². The molecule has 1 aliphatic heterocycles. The summed E-state index contributed by atoms with van der Waals surface area (Å²) in [6.07, 6.45) is 0.118. The molecule has 2 amide bonds. The molecule has 7 heteroatoms. The first kappa shape index (κ1) is 19.4. The number of nitrogens with zero attached hydrogens (tertiary/aromatic N) is 1. The van der Waals surface area contributed by atoms with Gasteiger partial charge < -0.3 is 19.7 Å². The van der Waals surface area contributed by atoms with Crippen LogP contribution in [-0.2, 0) is 9.59 Å². The van der Waals surface area contributed by atoms with Crippen LogP contribution in [0.25, 0.3) is 0 Å². The molecule has 1 fully saturated rings. The van der Waals surface area contributed by atoms with Gasteiger partial charge in [0.05, 0.1) is 25.8 Å². The van der Waals surface area contributed by atoms with Crippen LogP contribution in [0.1, 0.15) is 23.7 Å². The number of ketones is 1. The van der Waals surface area contributed by atoms with Crippen LogP contribution in [0.4, 0.5) is 11.4 Å². The minimum Gasteiger partial charge on any atom is -0.497 e. The molecule has 1 aliphatic rings. The van der Waals surface area contributed by atoms with Crippen molar-refractivity contribution in [2.24, 2.45) is 5.92 Å². The largest absolute Gasteiger partial charge is 0.497 e. The van der Waals surface area contributed by atoms with E-state index in [1.54, 1.807) is 54.5 Å². The van der Waals surface area contributed by atoms with E-state index in [4.69, 9.17) is 9.47 Å². The molecule has 2 aromatic carbocycles. The minimum absolute atomic E-state index is 0.0386. The lowest BCUT2D eigenvalue weighted by Crippen LogP contribution is -2.28. The van der Waals surface area contributed by atoms with Crippen molar-refractivity contribution in [1.29, 1.82) is 0 Å². The molecule has 0 aliphatic carbocycles. The monoisotopic (exact) mass is 382 g/mol. The summed E-state index contributed by atoms with van der Waals surface area (Å²) in [5, 5.41) is 2.81. The van der Waals surface area contributed by atoms with Crippen molar-refractivity contribution in [3.63, 3.8) is 0 Å². The van der Waals surface area contributed by atoms with Crippen molar-refractivity contribution in [1.82, 2.24) is 0 Å². The Morgan fingerprint density at radius 1 is 1.07 bits per heavy atom. The predicted molar refractivity (Wildman–Crippen MR) is 105 cm³/mol. The average molecular weight is 382 g/mol. The summed E-state index contributed by atoms with van der Waals surface area (Å²) in [5.74, 6) is 0.230. The Balaban J connectivity index is 1.71. The summed E-state index contributed by atoms with van der Waals surface area (Å²) in [6.45, 7) is 1.75. The van der Waals surface area contributed by atoms with Crippen molar-refractivity contribution < 1.29 is 23.9 Å². The molecule has 28 heavy (non-hydrogen) atoms. The topological polar surface area (TPSA) is 84.9 Å². The third-order valence-corrected chi connectivity index (χ3v) is 4.73. The fourth-order valence-electron chi connectivity index (χ4n) is 3.16. The smallest absolute Gasteiger partial charge is 0.229 e. The first-order valence-corrected chi connectivity index (χ1v) is 8.87. The van der Waals surface area contributed by atoms with E-state index >= 15 is 0 Å². The standard InChI is InChI=1S/C21H22N2O5/c1-13(24)14-4-6-16(7-5-14)22-21(26)15-10-20(25)23(12-15)18-9-8-17(27-2)11-19(18)28-3/h4-9,11,15H,10,12H2,1-3H3,(H,22,26). The van der Waals surface area contributed by atoms with Gasteiger partial charge in [-0.15, -0.1) is 0 Å². The number of benzene rings is 2. The third-order valence-electron chi connectivity index (χ3n) is 4.73. The van der Waals surface area contributed by atoms with Crippen LogP contribution in [0.2, 0.25) is 0 Å². The van der Waals surface area contributed by atoms with E-state index in [2.05, 4.69) is 5.32 Å². The van der Waals surface area contributed by atoms with Gasteiger partial charge in [0.1, 0.15) is 11.5 Å². The quantitative estimate of drug-likeness (QED) is 0.777. The summed E-state index contributed by atoms with van der Waals surface area (Å²) in [6, 6.07) is 11.9. The van der Waals surface area contributed by atoms with Gasteiger partial charge in [-0.3, -0.25) is 14.4 Å². The molecule has 1 atom stereocenters. The predicted octanol–water partition coefficient (Wildman–Crippen LogP) is 2.90. The van der Waals surface area contributed by atoms with Crippen molar-refractivity contribution in [2.75, 3.05) is 31.0 Å². The number of carbonyl (C=O) groups is 3. The molecule has 1 N–H and O–H groups in total. The molecule has 1 saturated heterocycles. The van der Waals surface area contributed by atoms with E-state index in [0.717, 1.165) is 0 Å². The number of Topliss-reactive ketones (excluding diaryl/α,β-unsaturated/α-hetero) is 1. The maximum atomic E-state index is 12.6. The van der Waals surface area contributed by atoms with Crippen LogP contribution in [0.15, 0.2) is 42.5 Å². The maximum absolute atomic E-state index is 12.6. The molecule has 7 nitrogen and oxygen atoms in total. The van der Waals surface area contributed by atoms with Crippen molar-refractivity contribution >= 4 is 29.0 Å². The number of nitrogens with one attached hydrogen (secondary N) is 1. The Bertz CT molecular complexity index is 908. The summed E-state index contributed by atoms with van der Waals surface area (Å²) in [5.41, 5.74) is 1.77. The molecule has 0 aromatic heterocycles. The molecule has 146 valence electrons. The Labute approximate surface area is 163 Å². The second kappa shape index (κ2) is 8.12. The molecule has 0 saturated carbocycles. The van der Waals surface area contributed by atoms with Gasteiger partial charge in [-0.1, -0.05) is 0 Å². The summed E-state index contributed by atoms with van der Waals surface area (Å²) in [4.78, 5) is 38.0. The fourth-order valence-corrected chi connectivity index (χ4v) is 3.16. The van der Waals surface area contributed by atoms with Gasteiger partial charge in [-0.05, 0) is 43.3 Å². The van der Waals surface area contributed by atoms with Gasteiger partial charge in [-0.2, -0.15) is 0 Å².